The number of anilines is 1. The highest BCUT2D eigenvalue weighted by Gasteiger charge is 2.20. The first kappa shape index (κ1) is 17.3. The normalized spacial score (nSPS) is 11.8. The van der Waals surface area contributed by atoms with Crippen molar-refractivity contribution in [1.29, 1.82) is 0 Å². The Morgan fingerprint density at radius 2 is 1.95 bits per heavy atom. The average Bonchev–Trinajstić information content (AvgIpc) is 2.52. The molecule has 0 amide bonds. The number of carbonyl (C=O) groups excluding carboxylic acids is 1. The third kappa shape index (κ3) is 5.29. The van der Waals surface area contributed by atoms with E-state index >= 15 is 0 Å². The van der Waals surface area contributed by atoms with Crippen molar-refractivity contribution in [2.75, 3.05) is 25.1 Å². The van der Waals surface area contributed by atoms with E-state index < -0.39 is 6.10 Å². The number of carbonyl (C=O) groups is 1. The monoisotopic (exact) mass is 293 g/mol. The van der Waals surface area contributed by atoms with Crippen LogP contribution in [0.2, 0.25) is 0 Å². The Balaban J connectivity index is 2.83. The van der Waals surface area contributed by atoms with Gasteiger partial charge in [0.05, 0.1) is 7.11 Å². The highest BCUT2D eigenvalue weighted by molar-refractivity contribution is 5.75. The van der Waals surface area contributed by atoms with E-state index in [2.05, 4.69) is 31.7 Å². The van der Waals surface area contributed by atoms with E-state index in [9.17, 15) is 4.79 Å². The Labute approximate surface area is 128 Å². The predicted molar refractivity (Wildman–Crippen MR) is 86.0 cm³/mol. The summed E-state index contributed by atoms with van der Waals surface area (Å²) in [4.78, 5) is 14.0. The standard InChI is InChI=1S/C17H27NO3/c1-5-8-12-16(17(19)20-4)21-15-11-9-10-14(13-15)18(6-2)7-3/h9-11,13,16H,5-8,12H2,1-4H3. The third-order valence-corrected chi connectivity index (χ3v) is 3.51. The molecule has 0 saturated heterocycles. The summed E-state index contributed by atoms with van der Waals surface area (Å²) in [7, 11) is 1.40. The lowest BCUT2D eigenvalue weighted by atomic mass is 10.1. The summed E-state index contributed by atoms with van der Waals surface area (Å²) in [5, 5.41) is 0. The molecule has 21 heavy (non-hydrogen) atoms. The molecule has 0 aliphatic heterocycles. The molecule has 1 unspecified atom stereocenters. The average molecular weight is 293 g/mol. The summed E-state index contributed by atoms with van der Waals surface area (Å²) in [5.74, 6) is 0.405. The van der Waals surface area contributed by atoms with Crippen LogP contribution in [-0.2, 0) is 9.53 Å². The summed E-state index contributed by atoms with van der Waals surface area (Å²) in [6.07, 6.45) is 2.12. The molecule has 1 atom stereocenters. The second-order valence-corrected chi connectivity index (χ2v) is 4.94. The molecule has 118 valence electrons. The second kappa shape index (κ2) is 9.27. The van der Waals surface area contributed by atoms with Gasteiger partial charge in [-0.25, -0.2) is 4.79 Å². The number of hydrogen-bond donors (Lipinski definition) is 0. The molecule has 0 saturated carbocycles. The van der Waals surface area contributed by atoms with Crippen molar-refractivity contribution in [1.82, 2.24) is 0 Å². The van der Waals surface area contributed by atoms with Crippen molar-refractivity contribution in [3.8, 4) is 5.75 Å². The van der Waals surface area contributed by atoms with Gasteiger partial charge in [-0.05, 0) is 38.8 Å². The molecule has 1 aromatic carbocycles. The second-order valence-electron chi connectivity index (χ2n) is 4.94. The maximum absolute atomic E-state index is 11.8. The molecule has 4 nitrogen and oxygen atoms in total. The molecule has 1 rings (SSSR count). The van der Waals surface area contributed by atoms with Gasteiger partial charge in [0, 0.05) is 24.8 Å². The maximum atomic E-state index is 11.8. The van der Waals surface area contributed by atoms with E-state index in [0.29, 0.717) is 12.2 Å². The Bertz CT molecular complexity index is 430. The molecule has 1 aromatic rings. The molecule has 0 radical (unpaired) electrons. The number of rotatable bonds is 9. The van der Waals surface area contributed by atoms with Crippen LogP contribution in [0.3, 0.4) is 0 Å². The van der Waals surface area contributed by atoms with E-state index in [1.54, 1.807) is 0 Å². The van der Waals surface area contributed by atoms with Gasteiger partial charge in [-0.1, -0.05) is 19.4 Å². The molecule has 0 aliphatic carbocycles. The molecule has 4 heteroatoms. The molecule has 0 N–H and O–H groups in total. The molecular weight excluding hydrogens is 266 g/mol. The SMILES string of the molecule is CCCCC(Oc1cccc(N(CC)CC)c1)C(=O)OC. The van der Waals surface area contributed by atoms with Gasteiger partial charge in [-0.15, -0.1) is 0 Å². The quantitative estimate of drug-likeness (QED) is 0.652. The molecule has 0 fully saturated rings. The van der Waals surface area contributed by atoms with E-state index in [1.165, 1.54) is 7.11 Å². The number of esters is 1. The number of benzene rings is 1. The van der Waals surface area contributed by atoms with E-state index in [1.807, 2.05) is 18.2 Å². The highest BCUT2D eigenvalue weighted by atomic mass is 16.6. The Morgan fingerprint density at radius 3 is 2.52 bits per heavy atom. The molecule has 0 aliphatic rings. The van der Waals surface area contributed by atoms with Crippen LogP contribution in [-0.4, -0.2) is 32.3 Å². The van der Waals surface area contributed by atoms with Gasteiger partial charge in [0.15, 0.2) is 6.10 Å². The topological polar surface area (TPSA) is 38.8 Å². The minimum absolute atomic E-state index is 0.309. The zero-order valence-corrected chi connectivity index (χ0v) is 13.6. The lowest BCUT2D eigenvalue weighted by molar-refractivity contribution is -0.149. The van der Waals surface area contributed by atoms with Gasteiger partial charge >= 0.3 is 5.97 Å². The number of nitrogens with zero attached hydrogens (tertiary/aromatic N) is 1. The largest absolute Gasteiger partial charge is 0.479 e. The van der Waals surface area contributed by atoms with Crippen LogP contribution in [0.15, 0.2) is 24.3 Å². The fraction of sp³-hybridized carbons (Fsp3) is 0.588. The Kier molecular flexibility index (Phi) is 7.65. The van der Waals surface area contributed by atoms with Gasteiger partial charge in [0.25, 0.3) is 0 Å². The minimum atomic E-state index is -0.526. The summed E-state index contributed by atoms with van der Waals surface area (Å²) >= 11 is 0. The van der Waals surface area contributed by atoms with E-state index in [-0.39, 0.29) is 5.97 Å². The first-order chi connectivity index (χ1) is 10.2. The Hall–Kier alpha value is -1.71. The maximum Gasteiger partial charge on any atom is 0.347 e. The van der Waals surface area contributed by atoms with Gasteiger partial charge < -0.3 is 14.4 Å². The van der Waals surface area contributed by atoms with Crippen LogP contribution in [0, 0.1) is 0 Å². The van der Waals surface area contributed by atoms with Crippen molar-refractivity contribution in [2.24, 2.45) is 0 Å². The number of methoxy groups -OCH3 is 1. The van der Waals surface area contributed by atoms with Crippen LogP contribution >= 0.6 is 0 Å². The number of ether oxygens (including phenoxy) is 2. The van der Waals surface area contributed by atoms with Gasteiger partial charge in [-0.2, -0.15) is 0 Å². The van der Waals surface area contributed by atoms with Gasteiger partial charge in [-0.3, -0.25) is 0 Å². The minimum Gasteiger partial charge on any atom is -0.479 e. The van der Waals surface area contributed by atoms with Crippen LogP contribution in [0.25, 0.3) is 0 Å². The lowest BCUT2D eigenvalue weighted by Gasteiger charge is -2.22. The molecule has 0 heterocycles. The number of hydrogen-bond acceptors (Lipinski definition) is 4. The molecular formula is C17H27NO3. The van der Waals surface area contributed by atoms with Crippen molar-refractivity contribution in [3.63, 3.8) is 0 Å². The fourth-order valence-electron chi connectivity index (χ4n) is 2.25. The molecule has 0 aromatic heterocycles. The number of unbranched alkanes of at least 4 members (excludes halogenated alkanes) is 1. The summed E-state index contributed by atoms with van der Waals surface area (Å²) in [6.45, 7) is 8.22. The lowest BCUT2D eigenvalue weighted by Crippen LogP contribution is -2.28. The van der Waals surface area contributed by atoms with E-state index in [0.717, 1.165) is 31.6 Å². The Morgan fingerprint density at radius 1 is 1.24 bits per heavy atom. The predicted octanol–water partition coefficient (Wildman–Crippen LogP) is 3.64. The summed E-state index contributed by atoms with van der Waals surface area (Å²) in [5.41, 5.74) is 1.11. The van der Waals surface area contributed by atoms with Crippen molar-refractivity contribution in [2.45, 2.75) is 46.1 Å². The molecule has 0 bridgehead atoms. The van der Waals surface area contributed by atoms with Gasteiger partial charge in [0.1, 0.15) is 5.75 Å². The van der Waals surface area contributed by atoms with Crippen molar-refractivity contribution in [3.05, 3.63) is 24.3 Å². The summed E-state index contributed by atoms with van der Waals surface area (Å²) < 4.78 is 10.7. The zero-order valence-electron chi connectivity index (χ0n) is 13.6. The highest BCUT2D eigenvalue weighted by Crippen LogP contribution is 2.23. The van der Waals surface area contributed by atoms with Crippen molar-refractivity contribution < 1.29 is 14.3 Å². The van der Waals surface area contributed by atoms with Crippen LogP contribution in [0.1, 0.15) is 40.0 Å². The first-order valence-corrected chi connectivity index (χ1v) is 7.75. The summed E-state index contributed by atoms with van der Waals surface area (Å²) in [6, 6.07) is 7.87. The van der Waals surface area contributed by atoms with Crippen molar-refractivity contribution >= 4 is 11.7 Å². The first-order valence-electron chi connectivity index (χ1n) is 7.75. The van der Waals surface area contributed by atoms with Crippen LogP contribution < -0.4 is 9.64 Å². The fourth-order valence-corrected chi connectivity index (χ4v) is 2.25. The van der Waals surface area contributed by atoms with Gasteiger partial charge in [0.2, 0.25) is 0 Å². The third-order valence-electron chi connectivity index (χ3n) is 3.51. The van der Waals surface area contributed by atoms with Crippen LogP contribution in [0.4, 0.5) is 5.69 Å². The van der Waals surface area contributed by atoms with Crippen LogP contribution in [0.5, 0.6) is 5.75 Å². The molecule has 0 spiro atoms. The zero-order chi connectivity index (χ0) is 15.7. The smallest absolute Gasteiger partial charge is 0.347 e. The van der Waals surface area contributed by atoms with E-state index in [4.69, 9.17) is 9.47 Å².